The fraction of sp³-hybridized carbons (Fsp3) is 0.412. The van der Waals surface area contributed by atoms with Crippen molar-refractivity contribution in [1.82, 2.24) is 9.97 Å². The van der Waals surface area contributed by atoms with Gasteiger partial charge in [-0.2, -0.15) is 0 Å². The second kappa shape index (κ2) is 6.02. The molecule has 1 aliphatic rings. The Hall–Kier alpha value is -1.61. The number of hydrogen-bond acceptors (Lipinski definition) is 3. The second-order valence-corrected chi connectivity index (χ2v) is 5.89. The molecule has 1 aliphatic carbocycles. The molecule has 21 heavy (non-hydrogen) atoms. The summed E-state index contributed by atoms with van der Waals surface area (Å²) in [4.78, 5) is 8.88. The Bertz CT molecular complexity index is 667. The van der Waals surface area contributed by atoms with Crippen molar-refractivity contribution in [2.45, 2.75) is 46.0 Å². The molecule has 0 amide bonds. The monoisotopic (exact) mass is 301 g/mol. The minimum atomic E-state index is 0.536. The van der Waals surface area contributed by atoms with Gasteiger partial charge in [0.2, 0.25) is 0 Å². The number of fused-ring (bicyclic) bond motifs is 1. The Kier molecular flexibility index (Phi) is 4.11. The van der Waals surface area contributed by atoms with Gasteiger partial charge in [0.15, 0.2) is 0 Å². The number of aryl methyl sites for hydroxylation is 2. The summed E-state index contributed by atoms with van der Waals surface area (Å²) in [6.45, 7) is 3.99. The van der Waals surface area contributed by atoms with E-state index in [0.29, 0.717) is 5.15 Å². The molecule has 0 bridgehead atoms. The number of nitrogens with one attached hydrogen (secondary N) is 1. The maximum atomic E-state index is 6.22. The number of rotatable bonds is 3. The van der Waals surface area contributed by atoms with Crippen molar-refractivity contribution in [1.29, 1.82) is 0 Å². The van der Waals surface area contributed by atoms with Crippen LogP contribution in [0.3, 0.4) is 0 Å². The first kappa shape index (κ1) is 14.3. The predicted octanol–water partition coefficient (Wildman–Crippen LogP) is 4.62. The van der Waals surface area contributed by atoms with Crippen LogP contribution < -0.4 is 5.32 Å². The summed E-state index contributed by atoms with van der Waals surface area (Å²) in [5.41, 5.74) is 4.95. The van der Waals surface area contributed by atoms with Crippen LogP contribution in [0.15, 0.2) is 18.2 Å². The molecule has 0 fully saturated rings. The quantitative estimate of drug-likeness (QED) is 0.840. The van der Waals surface area contributed by atoms with Gasteiger partial charge in [0, 0.05) is 17.7 Å². The van der Waals surface area contributed by atoms with Gasteiger partial charge in [-0.05, 0) is 49.8 Å². The van der Waals surface area contributed by atoms with Gasteiger partial charge in [0.1, 0.15) is 16.8 Å². The highest BCUT2D eigenvalue weighted by atomic mass is 35.5. The number of anilines is 2. The third kappa shape index (κ3) is 2.88. The van der Waals surface area contributed by atoms with Crippen LogP contribution in [0.2, 0.25) is 5.15 Å². The second-order valence-electron chi connectivity index (χ2n) is 5.53. The average Bonchev–Trinajstić information content (AvgIpc) is 2.52. The Morgan fingerprint density at radius 3 is 2.81 bits per heavy atom. The number of aromatic nitrogens is 2. The van der Waals surface area contributed by atoms with E-state index in [0.717, 1.165) is 35.7 Å². The fourth-order valence-electron chi connectivity index (χ4n) is 2.84. The van der Waals surface area contributed by atoms with Gasteiger partial charge in [0.25, 0.3) is 0 Å². The molecule has 1 N–H and O–H groups in total. The van der Waals surface area contributed by atoms with Crippen molar-refractivity contribution in [2.24, 2.45) is 0 Å². The van der Waals surface area contributed by atoms with Crippen molar-refractivity contribution in [3.63, 3.8) is 0 Å². The molecule has 1 heterocycles. The van der Waals surface area contributed by atoms with Crippen LogP contribution in [-0.2, 0) is 19.3 Å². The topological polar surface area (TPSA) is 37.8 Å². The van der Waals surface area contributed by atoms with Crippen molar-refractivity contribution in [3.8, 4) is 0 Å². The molecule has 2 aromatic rings. The molecule has 0 spiro atoms. The summed E-state index contributed by atoms with van der Waals surface area (Å²) in [6, 6.07) is 6.48. The zero-order valence-electron chi connectivity index (χ0n) is 12.5. The summed E-state index contributed by atoms with van der Waals surface area (Å²) in [5, 5.41) is 4.02. The smallest absolute Gasteiger partial charge is 0.138 e. The SMILES string of the molecule is CCc1nc(Cl)c(C)c(Nc2cccc3c2CCCC3)n1. The summed E-state index contributed by atoms with van der Waals surface area (Å²) in [6.07, 6.45) is 5.64. The lowest BCUT2D eigenvalue weighted by atomic mass is 9.90. The number of nitrogens with zero attached hydrogens (tertiary/aromatic N) is 2. The Morgan fingerprint density at radius 1 is 1.19 bits per heavy atom. The molecule has 1 aromatic carbocycles. The van der Waals surface area contributed by atoms with Gasteiger partial charge in [-0.1, -0.05) is 30.7 Å². The molecule has 0 saturated heterocycles. The van der Waals surface area contributed by atoms with Crippen molar-refractivity contribution >= 4 is 23.1 Å². The molecular weight excluding hydrogens is 282 g/mol. The molecule has 0 saturated carbocycles. The Labute approximate surface area is 130 Å². The van der Waals surface area contributed by atoms with Crippen LogP contribution in [0, 0.1) is 6.92 Å². The summed E-state index contributed by atoms with van der Waals surface area (Å²) in [7, 11) is 0. The third-order valence-corrected chi connectivity index (χ3v) is 4.47. The molecule has 4 heteroatoms. The van der Waals surface area contributed by atoms with Crippen LogP contribution in [0.5, 0.6) is 0 Å². The number of hydrogen-bond donors (Lipinski definition) is 1. The molecule has 110 valence electrons. The van der Waals surface area contributed by atoms with Crippen LogP contribution in [0.25, 0.3) is 0 Å². The van der Waals surface area contributed by atoms with Gasteiger partial charge >= 0.3 is 0 Å². The van der Waals surface area contributed by atoms with Gasteiger partial charge < -0.3 is 5.32 Å². The van der Waals surface area contributed by atoms with Crippen molar-refractivity contribution in [2.75, 3.05) is 5.32 Å². The molecule has 1 aromatic heterocycles. The largest absolute Gasteiger partial charge is 0.340 e. The van der Waals surface area contributed by atoms with Crippen molar-refractivity contribution < 1.29 is 0 Å². The van der Waals surface area contributed by atoms with E-state index >= 15 is 0 Å². The molecule has 0 aliphatic heterocycles. The van der Waals surface area contributed by atoms with E-state index in [1.54, 1.807) is 0 Å². The minimum absolute atomic E-state index is 0.536. The molecule has 3 rings (SSSR count). The van der Waals surface area contributed by atoms with E-state index in [1.165, 1.54) is 30.4 Å². The lowest BCUT2D eigenvalue weighted by molar-refractivity contribution is 0.687. The lowest BCUT2D eigenvalue weighted by Crippen LogP contribution is -2.08. The first-order valence-electron chi connectivity index (χ1n) is 7.60. The zero-order chi connectivity index (χ0) is 14.8. The first-order valence-corrected chi connectivity index (χ1v) is 7.97. The maximum absolute atomic E-state index is 6.22. The molecule has 0 radical (unpaired) electrons. The molecule has 0 unspecified atom stereocenters. The van der Waals surface area contributed by atoms with E-state index in [2.05, 4.69) is 33.5 Å². The van der Waals surface area contributed by atoms with Crippen LogP contribution in [0.1, 0.15) is 42.3 Å². The van der Waals surface area contributed by atoms with Crippen LogP contribution in [0.4, 0.5) is 11.5 Å². The average molecular weight is 302 g/mol. The minimum Gasteiger partial charge on any atom is -0.340 e. The molecule has 0 atom stereocenters. The summed E-state index contributed by atoms with van der Waals surface area (Å²) >= 11 is 6.22. The van der Waals surface area contributed by atoms with Crippen LogP contribution >= 0.6 is 11.6 Å². The maximum Gasteiger partial charge on any atom is 0.138 e. The normalized spacial score (nSPS) is 13.9. The standard InChI is InChI=1S/C17H20ClN3/c1-3-15-20-16(18)11(2)17(21-15)19-14-10-6-8-12-7-4-5-9-13(12)14/h6,8,10H,3-5,7,9H2,1-2H3,(H,19,20,21). The van der Waals surface area contributed by atoms with Gasteiger partial charge in [0.05, 0.1) is 0 Å². The highest BCUT2D eigenvalue weighted by molar-refractivity contribution is 6.30. The lowest BCUT2D eigenvalue weighted by Gasteiger charge is -2.20. The Balaban J connectivity index is 1.99. The highest BCUT2D eigenvalue weighted by Gasteiger charge is 2.15. The third-order valence-electron chi connectivity index (χ3n) is 4.10. The zero-order valence-corrected chi connectivity index (χ0v) is 13.3. The van der Waals surface area contributed by atoms with E-state index in [9.17, 15) is 0 Å². The fourth-order valence-corrected chi connectivity index (χ4v) is 3.03. The van der Waals surface area contributed by atoms with Gasteiger partial charge in [-0.3, -0.25) is 0 Å². The molecular formula is C17H20ClN3. The van der Waals surface area contributed by atoms with E-state index in [4.69, 9.17) is 11.6 Å². The predicted molar refractivity (Wildman–Crippen MR) is 87.5 cm³/mol. The number of benzene rings is 1. The van der Waals surface area contributed by atoms with Gasteiger partial charge in [-0.25, -0.2) is 9.97 Å². The first-order chi connectivity index (χ1) is 10.2. The van der Waals surface area contributed by atoms with E-state index in [-0.39, 0.29) is 0 Å². The molecule has 3 nitrogen and oxygen atoms in total. The Morgan fingerprint density at radius 2 is 2.00 bits per heavy atom. The van der Waals surface area contributed by atoms with Crippen LogP contribution in [-0.4, -0.2) is 9.97 Å². The highest BCUT2D eigenvalue weighted by Crippen LogP contribution is 2.31. The summed E-state index contributed by atoms with van der Waals surface area (Å²) in [5.74, 6) is 1.60. The number of halogens is 1. The van der Waals surface area contributed by atoms with E-state index in [1.807, 2.05) is 13.8 Å². The van der Waals surface area contributed by atoms with Crippen molar-refractivity contribution in [3.05, 3.63) is 45.9 Å². The summed E-state index contributed by atoms with van der Waals surface area (Å²) < 4.78 is 0. The van der Waals surface area contributed by atoms with E-state index < -0.39 is 0 Å². The van der Waals surface area contributed by atoms with Gasteiger partial charge in [-0.15, -0.1) is 0 Å².